The van der Waals surface area contributed by atoms with Crippen LogP contribution in [0.15, 0.2) is 71.4 Å². The van der Waals surface area contributed by atoms with E-state index >= 15 is 0 Å². The number of aromatic nitrogens is 1. The van der Waals surface area contributed by atoms with Gasteiger partial charge in [0.15, 0.2) is 5.13 Å². The van der Waals surface area contributed by atoms with Gasteiger partial charge in [-0.15, -0.1) is 22.7 Å². The van der Waals surface area contributed by atoms with Crippen molar-refractivity contribution in [3.05, 3.63) is 116 Å². The molecule has 2 aromatic heterocycles. The number of hydrogen-bond acceptors (Lipinski definition) is 4. The second-order valence-electron chi connectivity index (χ2n) is 9.03. The van der Waals surface area contributed by atoms with E-state index in [1.165, 1.54) is 16.2 Å². The Labute approximate surface area is 200 Å². The minimum atomic E-state index is -0.846. The van der Waals surface area contributed by atoms with Crippen LogP contribution in [0.3, 0.4) is 0 Å². The van der Waals surface area contributed by atoms with Gasteiger partial charge in [-0.05, 0) is 29.5 Å². The largest absolute Gasteiger partial charge is 0.301 e. The maximum absolute atomic E-state index is 13.8. The van der Waals surface area contributed by atoms with Crippen molar-refractivity contribution in [3.8, 4) is 0 Å². The number of hydrogen-bond donors (Lipinski definition) is 1. The Bertz CT molecular complexity index is 1370. The zero-order chi connectivity index (χ0) is 22.6. The summed E-state index contributed by atoms with van der Waals surface area (Å²) in [4.78, 5) is 24.0. The van der Waals surface area contributed by atoms with Crippen LogP contribution >= 0.6 is 22.7 Å². The van der Waals surface area contributed by atoms with E-state index in [9.17, 15) is 4.79 Å². The molecular weight excluding hydrogens is 446 g/mol. The smallest absolute Gasteiger partial charge is 0.284 e. The summed E-state index contributed by atoms with van der Waals surface area (Å²) in [6.45, 7) is 10.3. The van der Waals surface area contributed by atoms with E-state index in [2.05, 4.69) is 50.9 Å². The minimum absolute atomic E-state index is 0.0680. The maximum Gasteiger partial charge on any atom is 0.284 e. The minimum Gasteiger partial charge on any atom is -0.301 e. The second-order valence-corrected chi connectivity index (χ2v) is 10.9. The predicted octanol–water partition coefficient (Wildman–Crippen LogP) is 6.45. The van der Waals surface area contributed by atoms with E-state index in [0.29, 0.717) is 11.6 Å². The van der Waals surface area contributed by atoms with E-state index < -0.39 is 11.0 Å². The number of nitrogens with one attached hydrogen (secondary N) is 1. The number of carbonyl (C=O) groups excluding carboxylic acids is 1. The molecule has 7 rings (SSSR count). The van der Waals surface area contributed by atoms with E-state index in [1.54, 1.807) is 11.3 Å². The molecule has 1 unspecified atom stereocenters. The van der Waals surface area contributed by atoms with Gasteiger partial charge in [-0.3, -0.25) is 9.64 Å². The molecule has 3 aliphatic rings. The Morgan fingerprint density at radius 1 is 1.09 bits per heavy atom. The summed E-state index contributed by atoms with van der Waals surface area (Å²) in [5, 5.41) is 7.80. The molecule has 162 valence electrons. The van der Waals surface area contributed by atoms with Crippen LogP contribution in [0.4, 0.5) is 5.13 Å². The van der Waals surface area contributed by atoms with Crippen LogP contribution in [-0.2, 0) is 16.8 Å². The average Bonchev–Trinajstić information content (AvgIpc) is 3.51. The lowest BCUT2D eigenvalue weighted by Crippen LogP contribution is -2.53. The van der Waals surface area contributed by atoms with Gasteiger partial charge >= 0.3 is 0 Å². The molecule has 3 aliphatic carbocycles. The molecule has 4 nitrogen and oxygen atoms in total. The number of benzene rings is 2. The first-order valence-electron chi connectivity index (χ1n) is 10.9. The third kappa shape index (κ3) is 2.93. The first-order chi connectivity index (χ1) is 16.0. The first kappa shape index (κ1) is 20.3. The number of thiazole rings is 1. The van der Waals surface area contributed by atoms with Crippen molar-refractivity contribution >= 4 is 33.7 Å². The third-order valence-corrected chi connectivity index (χ3v) is 8.80. The number of fused-ring (bicyclic) bond motifs is 1. The van der Waals surface area contributed by atoms with Crippen molar-refractivity contribution in [1.29, 1.82) is 0 Å². The number of thiophene rings is 1. The Kier molecular flexibility index (Phi) is 4.55. The maximum atomic E-state index is 13.8. The standard InChI is InChI=1S/C27H21N3OS2/c1-26(24(31)30-25-29-17(15-33-25)14-18-8-7-13-32-18)16-27(28-2)21-11-5-3-9-19(21)23(26)20-10-4-6-12-22(20)27/h3-13,15,23H,14,16H2,1H3,(H,29,30,31). The molecule has 33 heavy (non-hydrogen) atoms. The molecule has 1 atom stereocenters. The zero-order valence-electron chi connectivity index (χ0n) is 18.0. The molecule has 0 saturated carbocycles. The number of nitrogens with zero attached hydrogens (tertiary/aromatic N) is 2. The fourth-order valence-electron chi connectivity index (χ4n) is 5.72. The molecule has 0 radical (unpaired) electrons. The summed E-state index contributed by atoms with van der Waals surface area (Å²) in [7, 11) is 0. The van der Waals surface area contributed by atoms with Crippen LogP contribution in [0.25, 0.3) is 4.85 Å². The highest BCUT2D eigenvalue weighted by molar-refractivity contribution is 7.14. The number of rotatable bonds is 4. The van der Waals surface area contributed by atoms with E-state index in [4.69, 9.17) is 6.57 Å². The van der Waals surface area contributed by atoms with Crippen molar-refractivity contribution in [3.63, 3.8) is 0 Å². The fourth-order valence-corrected chi connectivity index (χ4v) is 7.15. The molecule has 4 aromatic rings. The van der Waals surface area contributed by atoms with Crippen LogP contribution in [-0.4, -0.2) is 10.9 Å². The van der Waals surface area contributed by atoms with Gasteiger partial charge in [0.2, 0.25) is 5.91 Å². The molecule has 0 aliphatic heterocycles. The summed E-state index contributed by atoms with van der Waals surface area (Å²) >= 11 is 3.17. The van der Waals surface area contributed by atoms with Gasteiger partial charge < -0.3 is 5.32 Å². The van der Waals surface area contributed by atoms with Crippen LogP contribution < -0.4 is 5.32 Å². The third-order valence-electron chi connectivity index (χ3n) is 7.11. The van der Waals surface area contributed by atoms with Crippen molar-refractivity contribution in [1.82, 2.24) is 4.98 Å². The predicted molar refractivity (Wildman–Crippen MR) is 133 cm³/mol. The average molecular weight is 468 g/mol. The Balaban J connectivity index is 1.38. The normalized spacial score (nSPS) is 24.5. The quantitative estimate of drug-likeness (QED) is 0.351. The monoisotopic (exact) mass is 467 g/mol. The topological polar surface area (TPSA) is 46.4 Å². The SMILES string of the molecule is [C-]#[N+]C12CC(C)(C(=O)Nc3nc(Cc4cccs4)cs3)C(c3ccccc31)c1ccccc12. The van der Waals surface area contributed by atoms with Gasteiger partial charge in [0.05, 0.1) is 11.1 Å². The highest BCUT2D eigenvalue weighted by Gasteiger charge is 2.64. The molecule has 6 heteroatoms. The van der Waals surface area contributed by atoms with Gasteiger partial charge in [0.25, 0.3) is 5.54 Å². The first-order valence-corrected chi connectivity index (χ1v) is 12.7. The molecule has 1 amide bonds. The lowest BCUT2D eigenvalue weighted by Gasteiger charge is -2.51. The van der Waals surface area contributed by atoms with Gasteiger partial charge in [0, 0.05) is 40.1 Å². The highest BCUT2D eigenvalue weighted by Crippen LogP contribution is 2.64. The van der Waals surface area contributed by atoms with Gasteiger partial charge in [-0.25, -0.2) is 11.6 Å². The van der Waals surface area contributed by atoms with Crippen molar-refractivity contribution in [2.24, 2.45) is 5.41 Å². The second kappa shape index (κ2) is 7.38. The Morgan fingerprint density at radius 2 is 1.79 bits per heavy atom. The number of anilines is 1. The van der Waals surface area contributed by atoms with Crippen LogP contribution in [0.5, 0.6) is 0 Å². The van der Waals surface area contributed by atoms with Crippen LogP contribution in [0.1, 0.15) is 52.1 Å². The van der Waals surface area contributed by atoms with Gasteiger partial charge in [-0.2, -0.15) is 0 Å². The molecule has 1 N–H and O–H groups in total. The van der Waals surface area contributed by atoms with Crippen LogP contribution in [0.2, 0.25) is 0 Å². The summed E-state index contributed by atoms with van der Waals surface area (Å²) in [5.41, 5.74) is 3.63. The van der Waals surface area contributed by atoms with Crippen molar-refractivity contribution in [2.75, 3.05) is 5.32 Å². The molecule has 0 fully saturated rings. The van der Waals surface area contributed by atoms with Crippen molar-refractivity contribution in [2.45, 2.75) is 31.2 Å². The number of carbonyl (C=O) groups is 1. The fraction of sp³-hybridized carbons (Fsp3) is 0.222. The summed E-state index contributed by atoms with van der Waals surface area (Å²) in [6, 6.07) is 20.4. The molecule has 0 saturated heterocycles. The van der Waals surface area contributed by atoms with E-state index in [1.807, 2.05) is 42.6 Å². The molecule has 2 heterocycles. The highest BCUT2D eigenvalue weighted by atomic mass is 32.1. The Hall–Kier alpha value is -3.27. The molecule has 2 aromatic carbocycles. The van der Waals surface area contributed by atoms with Crippen molar-refractivity contribution < 1.29 is 4.79 Å². The van der Waals surface area contributed by atoms with Crippen LogP contribution in [0, 0.1) is 12.0 Å². The lowest BCUT2D eigenvalue weighted by atomic mass is 9.49. The van der Waals surface area contributed by atoms with Gasteiger partial charge in [-0.1, -0.05) is 54.6 Å². The summed E-state index contributed by atoms with van der Waals surface area (Å²) < 4.78 is 0. The van der Waals surface area contributed by atoms with Gasteiger partial charge in [0.1, 0.15) is 0 Å². The number of amides is 1. The Morgan fingerprint density at radius 3 is 2.42 bits per heavy atom. The lowest BCUT2D eigenvalue weighted by molar-refractivity contribution is -0.127. The van der Waals surface area contributed by atoms with E-state index in [0.717, 1.165) is 34.4 Å². The zero-order valence-corrected chi connectivity index (χ0v) is 19.7. The summed E-state index contributed by atoms with van der Waals surface area (Å²) in [5.74, 6) is -0.166. The molecular formula is C27H21N3OS2. The molecule has 0 spiro atoms. The molecule has 2 bridgehead atoms. The van der Waals surface area contributed by atoms with E-state index in [-0.39, 0.29) is 11.8 Å². The summed E-state index contributed by atoms with van der Waals surface area (Å²) in [6.07, 6.45) is 1.23.